The highest BCUT2D eigenvalue weighted by molar-refractivity contribution is 7.20. The summed E-state index contributed by atoms with van der Waals surface area (Å²) in [6.45, 7) is 0.0107. The van der Waals surface area contributed by atoms with E-state index in [1.807, 2.05) is 54.6 Å². The summed E-state index contributed by atoms with van der Waals surface area (Å²) in [5.74, 6) is 0.652. The highest BCUT2D eigenvalue weighted by Gasteiger charge is 2.18. The van der Waals surface area contributed by atoms with E-state index in [9.17, 15) is 4.79 Å². The van der Waals surface area contributed by atoms with E-state index in [-0.39, 0.29) is 12.4 Å². The van der Waals surface area contributed by atoms with Crippen molar-refractivity contribution in [1.29, 1.82) is 5.41 Å². The molecule has 0 spiro atoms. The maximum atomic E-state index is 11.4. The molecule has 0 radical (unpaired) electrons. The van der Waals surface area contributed by atoms with E-state index in [1.54, 1.807) is 0 Å². The number of nitrogen functional groups attached to an aromatic ring is 1. The average Bonchev–Trinajstić information content (AvgIpc) is 3.11. The number of hydrogen-bond donors (Lipinski definition) is 2. The molecule has 0 bridgehead atoms. The van der Waals surface area contributed by atoms with Crippen molar-refractivity contribution in [2.45, 2.75) is 6.10 Å². The molecule has 0 aliphatic heterocycles. The van der Waals surface area contributed by atoms with Crippen LogP contribution in [0.3, 0.4) is 0 Å². The lowest BCUT2D eigenvalue weighted by Crippen LogP contribution is -2.17. The van der Waals surface area contributed by atoms with Crippen LogP contribution in [-0.2, 0) is 9.47 Å². The van der Waals surface area contributed by atoms with Crippen molar-refractivity contribution in [1.82, 2.24) is 0 Å². The molecule has 1 atom stereocenters. The normalized spacial score (nSPS) is 11.7. The highest BCUT2D eigenvalue weighted by Crippen LogP contribution is 2.35. The molecule has 1 aromatic heterocycles. The fourth-order valence-corrected chi connectivity index (χ4v) is 3.43. The number of benzene rings is 2. The Labute approximate surface area is 154 Å². The molecule has 1 unspecified atom stereocenters. The lowest BCUT2D eigenvalue weighted by atomic mass is 10.1. The Hall–Kier alpha value is -3.06. The molecule has 6 nitrogen and oxygen atoms in total. The molecule has 3 aromatic rings. The second kappa shape index (κ2) is 7.88. The van der Waals surface area contributed by atoms with E-state index >= 15 is 0 Å². The van der Waals surface area contributed by atoms with Crippen LogP contribution in [0.4, 0.5) is 4.79 Å². The number of fused-ring (bicyclic) bond motifs is 1. The minimum Gasteiger partial charge on any atom is -0.481 e. The third-order valence-corrected chi connectivity index (χ3v) is 4.88. The fourth-order valence-electron chi connectivity index (χ4n) is 2.49. The van der Waals surface area contributed by atoms with Gasteiger partial charge in [-0.15, -0.1) is 11.3 Å². The number of nitrogens with two attached hydrogens (primary N) is 1. The summed E-state index contributed by atoms with van der Waals surface area (Å²) in [5, 5.41) is 8.49. The maximum Gasteiger partial charge on any atom is 0.508 e. The van der Waals surface area contributed by atoms with Gasteiger partial charge >= 0.3 is 6.16 Å². The SMILES string of the molecule is COC(=O)OCC(Oc1cccc2sc(C(=N)N)cc12)c1ccccc1. The van der Waals surface area contributed by atoms with Gasteiger partial charge in [0.05, 0.1) is 12.0 Å². The van der Waals surface area contributed by atoms with E-state index in [0.29, 0.717) is 10.6 Å². The van der Waals surface area contributed by atoms with Gasteiger partial charge in [0.2, 0.25) is 0 Å². The zero-order valence-electron chi connectivity index (χ0n) is 14.1. The molecule has 0 saturated carbocycles. The van der Waals surface area contributed by atoms with Crippen LogP contribution in [0.2, 0.25) is 0 Å². The molecule has 0 aliphatic rings. The minimum atomic E-state index is -0.762. The van der Waals surface area contributed by atoms with Crippen molar-refractivity contribution < 1.29 is 19.0 Å². The number of carbonyl (C=O) groups is 1. The highest BCUT2D eigenvalue weighted by atomic mass is 32.1. The molecular formula is C19H18N2O4S. The number of thiophene rings is 1. The number of hydrogen-bond acceptors (Lipinski definition) is 6. The first-order chi connectivity index (χ1) is 12.6. The third kappa shape index (κ3) is 3.94. The largest absolute Gasteiger partial charge is 0.508 e. The van der Waals surface area contributed by atoms with E-state index in [2.05, 4.69) is 4.74 Å². The molecule has 134 valence electrons. The van der Waals surface area contributed by atoms with Crippen molar-refractivity contribution in [3.05, 3.63) is 65.0 Å². The summed E-state index contributed by atoms with van der Waals surface area (Å²) >= 11 is 1.43. The van der Waals surface area contributed by atoms with Crippen LogP contribution >= 0.6 is 11.3 Å². The number of carbonyl (C=O) groups excluding carboxylic acids is 1. The Morgan fingerprint density at radius 2 is 1.96 bits per heavy atom. The van der Waals surface area contributed by atoms with Crippen LogP contribution in [0.5, 0.6) is 5.75 Å². The number of methoxy groups -OCH3 is 1. The van der Waals surface area contributed by atoms with Crippen molar-refractivity contribution >= 4 is 33.4 Å². The lowest BCUT2D eigenvalue weighted by Gasteiger charge is -2.19. The monoisotopic (exact) mass is 370 g/mol. The van der Waals surface area contributed by atoms with E-state index in [1.165, 1.54) is 18.4 Å². The molecule has 3 rings (SSSR count). The second-order valence-electron chi connectivity index (χ2n) is 5.47. The van der Waals surface area contributed by atoms with Gasteiger partial charge in [0.25, 0.3) is 0 Å². The molecule has 26 heavy (non-hydrogen) atoms. The van der Waals surface area contributed by atoms with Crippen molar-refractivity contribution in [2.75, 3.05) is 13.7 Å². The van der Waals surface area contributed by atoms with Crippen molar-refractivity contribution in [2.24, 2.45) is 5.73 Å². The van der Waals surface area contributed by atoms with Gasteiger partial charge in [-0.1, -0.05) is 36.4 Å². The van der Waals surface area contributed by atoms with E-state index < -0.39 is 12.3 Å². The Morgan fingerprint density at radius 3 is 2.65 bits per heavy atom. The van der Waals surface area contributed by atoms with E-state index in [4.69, 9.17) is 20.6 Å². The molecule has 0 fully saturated rings. The third-order valence-electron chi connectivity index (χ3n) is 3.75. The van der Waals surface area contributed by atoms with Gasteiger partial charge in [-0.25, -0.2) is 4.79 Å². The van der Waals surface area contributed by atoms with Crippen LogP contribution in [-0.4, -0.2) is 25.7 Å². The first kappa shape index (κ1) is 17.8. The summed E-state index contributed by atoms with van der Waals surface area (Å²) in [5.41, 5.74) is 6.47. The molecule has 2 aromatic carbocycles. The first-order valence-corrected chi connectivity index (χ1v) is 8.69. The van der Waals surface area contributed by atoms with Crippen LogP contribution in [0.25, 0.3) is 10.1 Å². The summed E-state index contributed by atoms with van der Waals surface area (Å²) in [6, 6.07) is 17.0. The van der Waals surface area contributed by atoms with Crippen LogP contribution in [0, 0.1) is 5.41 Å². The van der Waals surface area contributed by atoms with Gasteiger partial charge in [0.1, 0.15) is 18.2 Å². The van der Waals surface area contributed by atoms with Gasteiger partial charge in [0.15, 0.2) is 6.10 Å². The molecule has 0 amide bonds. The topological polar surface area (TPSA) is 94.6 Å². The maximum absolute atomic E-state index is 11.4. The Bertz CT molecular complexity index is 924. The zero-order valence-corrected chi connectivity index (χ0v) is 14.9. The number of amidine groups is 1. The smallest absolute Gasteiger partial charge is 0.481 e. The van der Waals surface area contributed by atoms with Gasteiger partial charge in [-0.2, -0.15) is 0 Å². The predicted molar refractivity (Wildman–Crippen MR) is 101 cm³/mol. The predicted octanol–water partition coefficient (Wildman–Crippen LogP) is 4.09. The Morgan fingerprint density at radius 1 is 1.19 bits per heavy atom. The molecule has 0 aliphatic carbocycles. The number of nitrogens with one attached hydrogen (secondary N) is 1. The molecule has 7 heteroatoms. The van der Waals surface area contributed by atoms with Gasteiger partial charge in [0, 0.05) is 10.1 Å². The number of rotatable bonds is 6. The summed E-state index contributed by atoms with van der Waals surface area (Å²) < 4.78 is 16.8. The lowest BCUT2D eigenvalue weighted by molar-refractivity contribution is 0.0375. The van der Waals surface area contributed by atoms with Crippen LogP contribution in [0.1, 0.15) is 16.5 Å². The first-order valence-electron chi connectivity index (χ1n) is 7.88. The minimum absolute atomic E-state index is 0.0107. The Kier molecular flexibility index (Phi) is 5.38. The van der Waals surface area contributed by atoms with Gasteiger partial charge in [-0.3, -0.25) is 5.41 Å². The van der Waals surface area contributed by atoms with Crippen LogP contribution in [0.15, 0.2) is 54.6 Å². The average molecular weight is 370 g/mol. The standard InChI is InChI=1S/C19H18N2O4S/c1-23-19(22)24-11-15(12-6-3-2-4-7-12)25-14-8-5-9-16-13(14)10-17(26-16)18(20)21/h2-10,15H,11H2,1H3,(H3,20,21). The summed E-state index contributed by atoms with van der Waals surface area (Å²) in [6.07, 6.45) is -1.26. The number of ether oxygens (including phenoxy) is 3. The van der Waals surface area contributed by atoms with Crippen molar-refractivity contribution in [3.8, 4) is 5.75 Å². The fraction of sp³-hybridized carbons (Fsp3) is 0.158. The van der Waals surface area contributed by atoms with Gasteiger partial charge in [-0.05, 0) is 23.8 Å². The zero-order chi connectivity index (χ0) is 18.5. The second-order valence-corrected chi connectivity index (χ2v) is 6.56. The molecule has 1 heterocycles. The summed E-state index contributed by atoms with van der Waals surface area (Å²) in [4.78, 5) is 12.0. The van der Waals surface area contributed by atoms with Crippen molar-refractivity contribution in [3.63, 3.8) is 0 Å². The molecule has 0 saturated heterocycles. The Balaban J connectivity index is 1.92. The molecule has 3 N–H and O–H groups in total. The molecular weight excluding hydrogens is 352 g/mol. The van der Waals surface area contributed by atoms with Crippen LogP contribution < -0.4 is 10.5 Å². The van der Waals surface area contributed by atoms with Gasteiger partial charge < -0.3 is 19.9 Å². The van der Waals surface area contributed by atoms with E-state index in [0.717, 1.165) is 15.6 Å². The quantitative estimate of drug-likeness (QED) is 0.387. The summed E-state index contributed by atoms with van der Waals surface area (Å²) in [7, 11) is 1.26.